The van der Waals surface area contributed by atoms with E-state index in [1.54, 1.807) is 42.5 Å². The zero-order valence-corrected chi connectivity index (χ0v) is 12.1. The number of nitrogens with zero attached hydrogens (tertiary/aromatic N) is 1. The van der Waals surface area contributed by atoms with E-state index in [1.165, 1.54) is 6.08 Å². The average molecular weight is 322 g/mol. The van der Waals surface area contributed by atoms with Gasteiger partial charge in [0, 0.05) is 27.2 Å². The van der Waals surface area contributed by atoms with Crippen molar-refractivity contribution in [1.82, 2.24) is 0 Å². The zero-order valence-electron chi connectivity index (χ0n) is 10.6. The van der Waals surface area contributed by atoms with Crippen LogP contribution in [0.1, 0.15) is 17.2 Å². The predicted octanol–water partition coefficient (Wildman–Crippen LogP) is 4.74. The molecule has 0 aliphatic carbocycles. The van der Waals surface area contributed by atoms with Gasteiger partial charge in [0.15, 0.2) is 0 Å². The third-order valence-electron chi connectivity index (χ3n) is 3.19. The largest absolute Gasteiger partial charge is 0.474 e. The number of hydrogen-bond donors (Lipinski definition) is 0. The van der Waals surface area contributed by atoms with Gasteiger partial charge in [-0.15, -0.1) is 0 Å². The van der Waals surface area contributed by atoms with Gasteiger partial charge in [-0.1, -0.05) is 41.4 Å². The Bertz CT molecular complexity index is 758. The van der Waals surface area contributed by atoms with Crippen LogP contribution in [0, 0.1) is 10.1 Å². The summed E-state index contributed by atoms with van der Waals surface area (Å²) in [7, 11) is 0. The topological polar surface area (TPSA) is 52.4 Å². The first-order valence-corrected chi connectivity index (χ1v) is 6.88. The summed E-state index contributed by atoms with van der Waals surface area (Å²) in [5, 5.41) is 12.2. The number of ether oxygens (including phenoxy) is 1. The van der Waals surface area contributed by atoms with Crippen molar-refractivity contribution in [3.05, 3.63) is 79.4 Å². The van der Waals surface area contributed by atoms with Crippen LogP contribution in [0.15, 0.2) is 48.2 Å². The zero-order chi connectivity index (χ0) is 15.0. The van der Waals surface area contributed by atoms with Crippen molar-refractivity contribution in [3.63, 3.8) is 0 Å². The van der Waals surface area contributed by atoms with Crippen molar-refractivity contribution in [1.29, 1.82) is 0 Å². The molecule has 2 aromatic carbocycles. The highest BCUT2D eigenvalue weighted by atomic mass is 35.5. The Hall–Kier alpha value is -2.04. The molecule has 1 aliphatic rings. The van der Waals surface area contributed by atoms with Crippen molar-refractivity contribution in [2.24, 2.45) is 0 Å². The fourth-order valence-corrected chi connectivity index (χ4v) is 2.64. The first-order chi connectivity index (χ1) is 10.1. The lowest BCUT2D eigenvalue weighted by molar-refractivity contribution is -0.434. The second-order valence-corrected chi connectivity index (χ2v) is 5.37. The average Bonchev–Trinajstić information content (AvgIpc) is 2.46. The van der Waals surface area contributed by atoms with Gasteiger partial charge in [0.25, 0.3) is 5.70 Å². The van der Waals surface area contributed by atoms with Crippen molar-refractivity contribution in [3.8, 4) is 5.75 Å². The minimum absolute atomic E-state index is 0.0714. The van der Waals surface area contributed by atoms with Crippen LogP contribution >= 0.6 is 23.2 Å². The number of benzene rings is 2. The molecule has 2 aromatic rings. The van der Waals surface area contributed by atoms with Crippen LogP contribution in [-0.4, -0.2) is 4.92 Å². The summed E-state index contributed by atoms with van der Waals surface area (Å²) < 4.78 is 5.77. The fraction of sp³-hybridized carbons (Fsp3) is 0.0667. The molecule has 0 fully saturated rings. The molecule has 21 heavy (non-hydrogen) atoms. The quantitative estimate of drug-likeness (QED) is 0.592. The van der Waals surface area contributed by atoms with Gasteiger partial charge >= 0.3 is 0 Å². The minimum Gasteiger partial charge on any atom is -0.474 e. The molecule has 3 rings (SSSR count). The Labute approximate surface area is 130 Å². The molecule has 1 aliphatic heterocycles. The van der Waals surface area contributed by atoms with Gasteiger partial charge in [-0.3, -0.25) is 10.1 Å². The summed E-state index contributed by atoms with van der Waals surface area (Å²) in [6.45, 7) is 0. The van der Waals surface area contributed by atoms with Crippen LogP contribution < -0.4 is 4.74 Å². The van der Waals surface area contributed by atoms with Crippen molar-refractivity contribution in [2.75, 3.05) is 0 Å². The first kappa shape index (κ1) is 13.9. The lowest BCUT2D eigenvalue weighted by Crippen LogP contribution is -2.20. The molecule has 6 heteroatoms. The van der Waals surface area contributed by atoms with Crippen molar-refractivity contribution >= 4 is 29.3 Å². The number of hydrogen-bond acceptors (Lipinski definition) is 3. The lowest BCUT2D eigenvalue weighted by atomic mass is 10.0. The summed E-state index contributed by atoms with van der Waals surface area (Å²) in [5.74, 6) is 0.537. The smallest absolute Gasteiger partial charge is 0.291 e. The maximum absolute atomic E-state index is 11.3. The standard InChI is InChI=1S/C15H9Cl2NO3/c16-10-5-6-14-9(7-10)8-13(18(19)20)15(21-14)11-3-1-2-4-12(11)17/h1-8,15H. The van der Waals surface area contributed by atoms with E-state index >= 15 is 0 Å². The predicted molar refractivity (Wildman–Crippen MR) is 81.2 cm³/mol. The fourth-order valence-electron chi connectivity index (χ4n) is 2.22. The van der Waals surface area contributed by atoms with Crippen LogP contribution in [0.4, 0.5) is 0 Å². The van der Waals surface area contributed by atoms with E-state index in [2.05, 4.69) is 0 Å². The van der Waals surface area contributed by atoms with E-state index in [1.807, 2.05) is 0 Å². The summed E-state index contributed by atoms with van der Waals surface area (Å²) in [6, 6.07) is 11.9. The van der Waals surface area contributed by atoms with Gasteiger partial charge in [0.1, 0.15) is 5.75 Å². The Balaban J connectivity index is 2.14. The molecular weight excluding hydrogens is 313 g/mol. The summed E-state index contributed by atoms with van der Waals surface area (Å²) in [4.78, 5) is 10.9. The van der Waals surface area contributed by atoms with Crippen LogP contribution in [0.2, 0.25) is 10.0 Å². The number of rotatable bonds is 2. The number of halogens is 2. The summed E-state index contributed by atoms with van der Waals surface area (Å²) in [6.07, 6.45) is 0.626. The normalized spacial score (nSPS) is 16.7. The minimum atomic E-state index is -0.845. The van der Waals surface area contributed by atoms with E-state index in [9.17, 15) is 10.1 Å². The van der Waals surface area contributed by atoms with Crippen molar-refractivity contribution in [2.45, 2.75) is 6.10 Å². The van der Waals surface area contributed by atoms with Crippen LogP contribution in [0.5, 0.6) is 5.75 Å². The van der Waals surface area contributed by atoms with E-state index < -0.39 is 11.0 Å². The second-order valence-electron chi connectivity index (χ2n) is 4.53. The Morgan fingerprint density at radius 1 is 1.14 bits per heavy atom. The van der Waals surface area contributed by atoms with Gasteiger partial charge < -0.3 is 4.74 Å². The molecule has 1 heterocycles. The SMILES string of the molecule is O=[N+]([O-])C1=Cc2cc(Cl)ccc2OC1c1ccccc1Cl. The Kier molecular flexibility index (Phi) is 3.57. The lowest BCUT2D eigenvalue weighted by Gasteiger charge is -2.23. The molecule has 0 spiro atoms. The second kappa shape index (κ2) is 5.39. The number of fused-ring (bicyclic) bond motifs is 1. The third kappa shape index (κ3) is 2.60. The molecule has 0 radical (unpaired) electrons. The summed E-state index contributed by atoms with van der Waals surface area (Å²) in [5.41, 5.74) is 1.07. The van der Waals surface area contributed by atoms with E-state index in [0.29, 0.717) is 26.9 Å². The molecular formula is C15H9Cl2NO3. The molecule has 106 valence electrons. The Morgan fingerprint density at radius 2 is 1.90 bits per heavy atom. The first-order valence-electron chi connectivity index (χ1n) is 6.13. The third-order valence-corrected chi connectivity index (χ3v) is 3.77. The van der Waals surface area contributed by atoms with Crippen LogP contribution in [0.3, 0.4) is 0 Å². The number of nitro groups is 1. The maximum Gasteiger partial charge on any atom is 0.291 e. The highest BCUT2D eigenvalue weighted by molar-refractivity contribution is 6.31. The van der Waals surface area contributed by atoms with Crippen LogP contribution in [-0.2, 0) is 0 Å². The molecule has 0 saturated carbocycles. The molecule has 1 unspecified atom stereocenters. The molecule has 0 N–H and O–H groups in total. The molecule has 1 atom stereocenters. The highest BCUT2D eigenvalue weighted by Gasteiger charge is 2.34. The van der Waals surface area contributed by atoms with E-state index in [-0.39, 0.29) is 5.70 Å². The molecule has 0 bridgehead atoms. The van der Waals surface area contributed by atoms with Crippen LogP contribution in [0.25, 0.3) is 6.08 Å². The van der Waals surface area contributed by atoms with Gasteiger partial charge in [0.05, 0.1) is 4.92 Å². The highest BCUT2D eigenvalue weighted by Crippen LogP contribution is 2.40. The summed E-state index contributed by atoms with van der Waals surface area (Å²) >= 11 is 12.0. The molecule has 0 amide bonds. The van der Waals surface area contributed by atoms with Gasteiger partial charge in [0.2, 0.25) is 6.10 Å². The van der Waals surface area contributed by atoms with Gasteiger partial charge in [-0.2, -0.15) is 0 Å². The molecule has 0 saturated heterocycles. The van der Waals surface area contributed by atoms with E-state index in [4.69, 9.17) is 27.9 Å². The maximum atomic E-state index is 11.3. The van der Waals surface area contributed by atoms with E-state index in [0.717, 1.165) is 0 Å². The Morgan fingerprint density at radius 3 is 2.62 bits per heavy atom. The van der Waals surface area contributed by atoms with Gasteiger partial charge in [-0.25, -0.2) is 0 Å². The molecule has 0 aromatic heterocycles. The van der Waals surface area contributed by atoms with Gasteiger partial charge in [-0.05, 0) is 24.3 Å². The molecule has 4 nitrogen and oxygen atoms in total. The monoisotopic (exact) mass is 321 g/mol. The van der Waals surface area contributed by atoms with Crippen molar-refractivity contribution < 1.29 is 9.66 Å².